The van der Waals surface area contributed by atoms with E-state index in [1.165, 1.54) is 18.7 Å². The van der Waals surface area contributed by atoms with Gasteiger partial charge in [-0.25, -0.2) is 0 Å². The number of nitrogens with zero attached hydrogens (tertiary/aromatic N) is 3. The summed E-state index contributed by atoms with van der Waals surface area (Å²) in [5.74, 6) is -1.17. The molecule has 30 heavy (non-hydrogen) atoms. The third-order valence-electron chi connectivity index (χ3n) is 5.26. The molecule has 1 aromatic carbocycles. The van der Waals surface area contributed by atoms with Gasteiger partial charge in [0.15, 0.2) is 6.10 Å². The number of benzene rings is 1. The second-order valence-corrected chi connectivity index (χ2v) is 7.38. The van der Waals surface area contributed by atoms with Crippen LogP contribution in [-0.4, -0.2) is 38.6 Å². The Morgan fingerprint density at radius 2 is 1.93 bits per heavy atom. The van der Waals surface area contributed by atoms with Gasteiger partial charge in [-0.15, -0.1) is 0 Å². The Hall–Kier alpha value is -3.42. The van der Waals surface area contributed by atoms with Crippen LogP contribution >= 0.6 is 0 Å². The fourth-order valence-electron chi connectivity index (χ4n) is 3.55. The number of fused-ring (bicyclic) bond motifs is 1. The van der Waals surface area contributed by atoms with Gasteiger partial charge in [0.25, 0.3) is 5.91 Å². The highest BCUT2D eigenvalue weighted by Gasteiger charge is 2.30. The zero-order chi connectivity index (χ0) is 22.0. The maximum absolute atomic E-state index is 12.6. The van der Waals surface area contributed by atoms with Crippen LogP contribution in [0.2, 0.25) is 0 Å². The summed E-state index contributed by atoms with van der Waals surface area (Å²) in [6, 6.07) is 7.10. The summed E-state index contributed by atoms with van der Waals surface area (Å²) in [5.41, 5.74) is 3.91. The molecule has 2 atom stereocenters. The molecule has 0 bridgehead atoms. The molecule has 8 nitrogen and oxygen atoms in total. The van der Waals surface area contributed by atoms with Gasteiger partial charge in [-0.1, -0.05) is 24.3 Å². The summed E-state index contributed by atoms with van der Waals surface area (Å²) in [4.78, 5) is 38.7. The van der Waals surface area contributed by atoms with Crippen LogP contribution in [0.3, 0.4) is 0 Å². The fraction of sp³-hybridized carbons (Fsp3) is 0.364. The number of hydrogen-bond donors (Lipinski definition) is 1. The second-order valence-electron chi connectivity index (χ2n) is 7.38. The summed E-state index contributed by atoms with van der Waals surface area (Å²) in [6.07, 6.45) is 2.47. The van der Waals surface area contributed by atoms with Gasteiger partial charge in [0.2, 0.25) is 5.91 Å². The van der Waals surface area contributed by atoms with Crippen molar-refractivity contribution in [1.29, 1.82) is 0 Å². The Kier molecular flexibility index (Phi) is 6.05. The van der Waals surface area contributed by atoms with Crippen LogP contribution in [0.25, 0.3) is 6.08 Å². The summed E-state index contributed by atoms with van der Waals surface area (Å²) in [7, 11) is 1.79. The van der Waals surface area contributed by atoms with E-state index in [2.05, 4.69) is 10.4 Å². The van der Waals surface area contributed by atoms with Crippen molar-refractivity contribution in [1.82, 2.24) is 14.7 Å². The van der Waals surface area contributed by atoms with Crippen LogP contribution in [0.1, 0.15) is 48.8 Å². The Balaban J connectivity index is 1.68. The number of esters is 1. The molecule has 3 rings (SSSR count). The van der Waals surface area contributed by atoms with E-state index in [1.807, 2.05) is 37.3 Å². The summed E-state index contributed by atoms with van der Waals surface area (Å²) >= 11 is 0. The number of ether oxygens (including phenoxy) is 1. The van der Waals surface area contributed by atoms with Crippen LogP contribution in [-0.2, 0) is 26.2 Å². The number of nitrogens with one attached hydrogen (secondary N) is 1. The predicted molar refractivity (Wildman–Crippen MR) is 112 cm³/mol. The lowest BCUT2D eigenvalue weighted by atomic mass is 9.94. The van der Waals surface area contributed by atoms with Crippen molar-refractivity contribution < 1.29 is 19.1 Å². The van der Waals surface area contributed by atoms with Gasteiger partial charge in [0, 0.05) is 20.2 Å². The normalized spacial score (nSPS) is 16.0. The van der Waals surface area contributed by atoms with E-state index >= 15 is 0 Å². The third-order valence-corrected chi connectivity index (χ3v) is 5.26. The molecule has 2 aromatic rings. The molecule has 0 unspecified atom stereocenters. The Morgan fingerprint density at radius 3 is 2.57 bits per heavy atom. The molecule has 2 amide bonds. The quantitative estimate of drug-likeness (QED) is 0.765. The van der Waals surface area contributed by atoms with Gasteiger partial charge in [-0.05, 0) is 38.0 Å². The van der Waals surface area contributed by atoms with E-state index in [1.54, 1.807) is 24.9 Å². The first kappa shape index (κ1) is 21.3. The average Bonchev–Trinajstić information content (AvgIpc) is 2.93. The lowest BCUT2D eigenvalue weighted by Gasteiger charge is -2.32. The van der Waals surface area contributed by atoms with Gasteiger partial charge in [-0.3, -0.25) is 19.1 Å². The van der Waals surface area contributed by atoms with Crippen LogP contribution in [0.4, 0.5) is 5.69 Å². The molecule has 1 aliphatic rings. The van der Waals surface area contributed by atoms with Gasteiger partial charge in [-0.2, -0.15) is 5.10 Å². The highest BCUT2D eigenvalue weighted by atomic mass is 16.5. The zero-order valence-electron chi connectivity index (χ0n) is 17.8. The van der Waals surface area contributed by atoms with Gasteiger partial charge in [0.1, 0.15) is 0 Å². The lowest BCUT2D eigenvalue weighted by Crippen LogP contribution is -2.35. The molecule has 1 aromatic heterocycles. The number of aromatic nitrogens is 2. The summed E-state index contributed by atoms with van der Waals surface area (Å²) < 4.78 is 7.05. The van der Waals surface area contributed by atoms with E-state index in [0.717, 1.165) is 16.8 Å². The number of rotatable bonds is 5. The molecule has 0 fully saturated rings. The van der Waals surface area contributed by atoms with Crippen molar-refractivity contribution in [2.75, 3.05) is 5.32 Å². The lowest BCUT2D eigenvalue weighted by molar-refractivity contribution is -0.154. The number of carbonyl (C=O) groups excluding carboxylic acids is 3. The molecule has 2 heterocycles. The molecular weight excluding hydrogens is 384 g/mol. The smallest absolute Gasteiger partial charge is 0.309 e. The Morgan fingerprint density at radius 1 is 1.23 bits per heavy atom. The number of aryl methyl sites for hydroxylation is 2. The van der Waals surface area contributed by atoms with Crippen molar-refractivity contribution >= 4 is 29.5 Å². The van der Waals surface area contributed by atoms with Crippen LogP contribution in [0.5, 0.6) is 0 Å². The van der Waals surface area contributed by atoms with Gasteiger partial charge < -0.3 is 15.0 Å². The minimum Gasteiger partial charge on any atom is -0.452 e. The topological polar surface area (TPSA) is 93.5 Å². The van der Waals surface area contributed by atoms with E-state index in [-0.39, 0.29) is 12.3 Å². The minimum absolute atomic E-state index is 0.0521. The molecule has 0 radical (unpaired) electrons. The highest BCUT2D eigenvalue weighted by Crippen LogP contribution is 2.33. The maximum Gasteiger partial charge on any atom is 0.309 e. The Labute approximate surface area is 175 Å². The summed E-state index contributed by atoms with van der Waals surface area (Å²) in [6.45, 7) is 6.61. The predicted octanol–water partition coefficient (Wildman–Crippen LogP) is 2.87. The highest BCUT2D eigenvalue weighted by molar-refractivity contribution is 5.96. The second kappa shape index (κ2) is 8.52. The number of anilines is 1. The summed E-state index contributed by atoms with van der Waals surface area (Å²) in [5, 5.41) is 7.03. The van der Waals surface area contributed by atoms with Crippen molar-refractivity contribution in [3.63, 3.8) is 0 Å². The van der Waals surface area contributed by atoms with Crippen LogP contribution < -0.4 is 5.32 Å². The van der Waals surface area contributed by atoms with Crippen LogP contribution in [0.15, 0.2) is 30.5 Å². The largest absolute Gasteiger partial charge is 0.452 e. The molecule has 0 saturated carbocycles. The number of hydrogen-bond acceptors (Lipinski definition) is 5. The number of amides is 2. The molecule has 158 valence electrons. The molecule has 0 saturated heterocycles. The monoisotopic (exact) mass is 410 g/mol. The molecule has 8 heteroatoms. The van der Waals surface area contributed by atoms with Gasteiger partial charge in [0.05, 0.1) is 29.5 Å². The minimum atomic E-state index is -0.989. The molecule has 1 aliphatic heterocycles. The molecular formula is C22H26N4O4. The van der Waals surface area contributed by atoms with Gasteiger partial charge >= 0.3 is 5.97 Å². The van der Waals surface area contributed by atoms with Crippen molar-refractivity contribution in [2.45, 2.75) is 46.3 Å². The first-order chi connectivity index (χ1) is 14.2. The maximum atomic E-state index is 12.6. The third kappa shape index (κ3) is 4.27. The van der Waals surface area contributed by atoms with E-state index in [9.17, 15) is 14.4 Å². The molecule has 0 aliphatic carbocycles. The standard InChI is InChI=1S/C22H26N4O4/c1-13-21(14(2)25(5)24-13)23-22(29)15(3)30-20(28)12-19-18-9-7-6-8-17(18)10-11-26(19)16(4)27/h6-11,15,19H,12H2,1-5H3,(H,23,29)/t15-,19-/m1/s1. The van der Waals surface area contributed by atoms with Crippen molar-refractivity contribution in [3.05, 3.63) is 53.0 Å². The first-order valence-corrected chi connectivity index (χ1v) is 9.75. The van der Waals surface area contributed by atoms with Crippen LogP contribution in [0, 0.1) is 13.8 Å². The SMILES string of the molecule is CC(=O)N1C=Cc2ccccc2[C@H]1CC(=O)O[C@H](C)C(=O)Nc1c(C)nn(C)c1C. The Bertz CT molecular complexity index is 1020. The molecule has 1 N–H and O–H groups in total. The average molecular weight is 410 g/mol. The van der Waals surface area contributed by atoms with E-state index in [0.29, 0.717) is 11.4 Å². The first-order valence-electron chi connectivity index (χ1n) is 9.75. The molecule has 0 spiro atoms. The zero-order valence-corrected chi connectivity index (χ0v) is 17.8. The fourth-order valence-corrected chi connectivity index (χ4v) is 3.55. The van der Waals surface area contributed by atoms with E-state index < -0.39 is 24.0 Å². The van der Waals surface area contributed by atoms with Crippen molar-refractivity contribution in [2.24, 2.45) is 7.05 Å². The number of carbonyl (C=O) groups is 3. The van der Waals surface area contributed by atoms with Crippen molar-refractivity contribution in [3.8, 4) is 0 Å². The van der Waals surface area contributed by atoms with E-state index in [4.69, 9.17) is 4.74 Å².